The molecule has 0 unspecified atom stereocenters. The molecular weight excluding hydrogens is 465 g/mol. The quantitative estimate of drug-likeness (QED) is 0.163. The Hall–Kier alpha value is -3.15. The number of carbonyl (C=O) groups excluding carboxylic acids is 2. The van der Waals surface area contributed by atoms with Crippen molar-refractivity contribution in [1.82, 2.24) is 15.2 Å². The molecule has 34 heavy (non-hydrogen) atoms. The van der Waals surface area contributed by atoms with Crippen LogP contribution in [-0.2, 0) is 14.3 Å². The monoisotopic (exact) mass is 490 g/mol. The zero-order valence-electron chi connectivity index (χ0n) is 18.0. The number of alkyl halides is 3. The van der Waals surface area contributed by atoms with E-state index in [0.29, 0.717) is 24.8 Å². The average molecular weight is 490 g/mol. The average Bonchev–Trinajstić information content (AvgIpc) is 3.36. The van der Waals surface area contributed by atoms with Crippen LogP contribution in [0.1, 0.15) is 43.9 Å². The maximum absolute atomic E-state index is 12.0. The molecule has 2 rings (SSSR count). The highest BCUT2D eigenvalue weighted by atomic mass is 19.4. The minimum absolute atomic E-state index is 0.0231. The molecule has 0 spiro atoms. The van der Waals surface area contributed by atoms with Crippen LogP contribution in [-0.4, -0.2) is 69.6 Å². The van der Waals surface area contributed by atoms with Gasteiger partial charge in [-0.05, 0) is 17.8 Å². The largest absolute Gasteiger partial charge is 0.471 e. The van der Waals surface area contributed by atoms with Gasteiger partial charge in [-0.2, -0.15) is 13.2 Å². The van der Waals surface area contributed by atoms with Crippen LogP contribution in [0.5, 0.6) is 0 Å². The second-order valence-corrected chi connectivity index (χ2v) is 7.51. The minimum Gasteiger partial charge on any atom is -0.394 e. The zero-order valence-corrected chi connectivity index (χ0v) is 18.0. The SMILES string of the molecule is O=C(CCCCCNC(=O)C(F)(F)F)NCC#Cc1cc([N+](=O)[O-])n([C@H]2C[C@H](O)[C@@H](CO)O2)c1. The number of nitro groups is 1. The number of unbranched alkanes of at least 4 members (excludes halogenated alkanes) is 2. The van der Waals surface area contributed by atoms with E-state index in [1.165, 1.54) is 16.8 Å². The van der Waals surface area contributed by atoms with Crippen LogP contribution in [0.15, 0.2) is 12.3 Å². The van der Waals surface area contributed by atoms with Crippen LogP contribution in [0, 0.1) is 22.0 Å². The number of hydrogen-bond acceptors (Lipinski definition) is 7. The summed E-state index contributed by atoms with van der Waals surface area (Å²) in [7, 11) is 0. The Morgan fingerprint density at radius 3 is 2.65 bits per heavy atom. The van der Waals surface area contributed by atoms with Crippen molar-refractivity contribution in [3.8, 4) is 11.8 Å². The highest BCUT2D eigenvalue weighted by Crippen LogP contribution is 2.33. The van der Waals surface area contributed by atoms with Gasteiger partial charge in [0, 0.05) is 19.4 Å². The molecule has 4 N–H and O–H groups in total. The topological polar surface area (TPSA) is 156 Å². The van der Waals surface area contributed by atoms with Gasteiger partial charge in [0.2, 0.25) is 12.1 Å². The van der Waals surface area contributed by atoms with Crippen molar-refractivity contribution in [2.75, 3.05) is 19.7 Å². The molecule has 14 heteroatoms. The summed E-state index contributed by atoms with van der Waals surface area (Å²) in [4.78, 5) is 33.1. The zero-order chi connectivity index (χ0) is 25.3. The maximum Gasteiger partial charge on any atom is 0.471 e. The molecule has 1 saturated heterocycles. The smallest absolute Gasteiger partial charge is 0.394 e. The molecular formula is C20H25F3N4O7. The summed E-state index contributed by atoms with van der Waals surface area (Å²) in [6, 6.07) is 1.23. The lowest BCUT2D eigenvalue weighted by molar-refractivity contribution is -0.393. The molecule has 0 aromatic carbocycles. The Kier molecular flexibility index (Phi) is 9.84. The first-order valence-electron chi connectivity index (χ1n) is 10.4. The molecule has 0 saturated carbocycles. The Bertz CT molecular complexity index is 939. The molecule has 2 heterocycles. The number of nitrogens with one attached hydrogen (secondary N) is 2. The number of ether oxygens (including phenoxy) is 1. The normalized spacial score (nSPS) is 19.9. The second kappa shape index (κ2) is 12.4. The third-order valence-electron chi connectivity index (χ3n) is 4.94. The third kappa shape index (κ3) is 8.01. The molecule has 0 bridgehead atoms. The Morgan fingerprint density at radius 2 is 2.03 bits per heavy atom. The fraction of sp³-hybridized carbons (Fsp3) is 0.600. The van der Waals surface area contributed by atoms with Crippen molar-refractivity contribution in [2.45, 2.75) is 56.7 Å². The van der Waals surface area contributed by atoms with Gasteiger partial charge in [0.1, 0.15) is 12.3 Å². The van der Waals surface area contributed by atoms with Gasteiger partial charge in [0.05, 0.1) is 30.9 Å². The summed E-state index contributed by atoms with van der Waals surface area (Å²) in [6.07, 6.45) is -4.79. The van der Waals surface area contributed by atoms with Crippen LogP contribution < -0.4 is 10.6 Å². The van der Waals surface area contributed by atoms with E-state index in [2.05, 4.69) is 17.2 Å². The molecule has 1 aromatic rings. The summed E-state index contributed by atoms with van der Waals surface area (Å²) >= 11 is 0. The number of halogens is 3. The Balaban J connectivity index is 1.75. The Morgan fingerprint density at radius 1 is 1.29 bits per heavy atom. The van der Waals surface area contributed by atoms with Gasteiger partial charge in [-0.3, -0.25) is 9.59 Å². The lowest BCUT2D eigenvalue weighted by atomic mass is 10.2. The summed E-state index contributed by atoms with van der Waals surface area (Å²) in [6.45, 7) is -0.582. The molecule has 11 nitrogen and oxygen atoms in total. The first-order chi connectivity index (χ1) is 16.0. The summed E-state index contributed by atoms with van der Waals surface area (Å²) in [5.41, 5.74) is 0.299. The number of aromatic nitrogens is 1. The molecule has 1 fully saturated rings. The van der Waals surface area contributed by atoms with E-state index < -0.39 is 42.0 Å². The van der Waals surface area contributed by atoms with Crippen molar-refractivity contribution in [3.63, 3.8) is 0 Å². The molecule has 2 amide bonds. The van der Waals surface area contributed by atoms with E-state index in [1.54, 1.807) is 5.32 Å². The van der Waals surface area contributed by atoms with E-state index in [0.717, 1.165) is 0 Å². The highest BCUT2D eigenvalue weighted by molar-refractivity contribution is 5.81. The Labute approximate surface area is 192 Å². The van der Waals surface area contributed by atoms with Gasteiger partial charge in [0.25, 0.3) is 0 Å². The summed E-state index contributed by atoms with van der Waals surface area (Å²) < 4.78 is 42.7. The van der Waals surface area contributed by atoms with Gasteiger partial charge in [0.15, 0.2) is 0 Å². The molecule has 0 radical (unpaired) electrons. The number of carbonyl (C=O) groups is 2. The second-order valence-electron chi connectivity index (χ2n) is 7.51. The van der Waals surface area contributed by atoms with E-state index in [1.807, 2.05) is 0 Å². The fourth-order valence-electron chi connectivity index (χ4n) is 3.23. The lowest BCUT2D eigenvalue weighted by Gasteiger charge is -2.10. The number of aliphatic hydroxyl groups is 2. The van der Waals surface area contributed by atoms with E-state index in [4.69, 9.17) is 4.74 Å². The van der Waals surface area contributed by atoms with Crippen LogP contribution in [0.4, 0.5) is 19.0 Å². The number of amides is 2. The van der Waals surface area contributed by atoms with Crippen LogP contribution in [0.25, 0.3) is 0 Å². The number of hydrogen-bond donors (Lipinski definition) is 4. The van der Waals surface area contributed by atoms with Gasteiger partial charge in [-0.25, -0.2) is 4.57 Å². The van der Waals surface area contributed by atoms with Crippen molar-refractivity contribution in [1.29, 1.82) is 0 Å². The standard InChI is InChI=1S/C20H25F3N4O7/c21-20(22,23)19(31)25-7-3-1-2-6-16(30)24-8-4-5-13-9-17(27(32)33)26(11-13)18-10-14(29)15(12-28)34-18/h9,11,14-15,18,28-29H,1-3,6-8,10,12H2,(H,24,30)(H,25,31)/t14-,15+,18+/m0/s1. The van der Waals surface area contributed by atoms with Gasteiger partial charge < -0.3 is 35.7 Å². The van der Waals surface area contributed by atoms with Crippen LogP contribution in [0.2, 0.25) is 0 Å². The van der Waals surface area contributed by atoms with E-state index >= 15 is 0 Å². The summed E-state index contributed by atoms with van der Waals surface area (Å²) in [5.74, 6) is 2.75. The number of nitrogens with zero attached hydrogens (tertiary/aromatic N) is 2. The van der Waals surface area contributed by atoms with Crippen molar-refractivity contribution < 1.29 is 42.6 Å². The first kappa shape index (κ1) is 27.1. The first-order valence-corrected chi connectivity index (χ1v) is 10.4. The number of aliphatic hydroxyl groups excluding tert-OH is 2. The van der Waals surface area contributed by atoms with Gasteiger partial charge >= 0.3 is 17.9 Å². The molecule has 0 aliphatic carbocycles. The molecule has 1 aliphatic heterocycles. The maximum atomic E-state index is 12.0. The van der Waals surface area contributed by atoms with Gasteiger partial charge in [-0.1, -0.05) is 18.3 Å². The van der Waals surface area contributed by atoms with Crippen molar-refractivity contribution >= 4 is 17.6 Å². The lowest BCUT2D eigenvalue weighted by Crippen LogP contribution is -2.37. The van der Waals surface area contributed by atoms with E-state index in [9.17, 15) is 43.1 Å². The molecule has 1 aromatic heterocycles. The summed E-state index contributed by atoms with van der Waals surface area (Å²) in [5, 5.41) is 34.6. The van der Waals surface area contributed by atoms with Gasteiger partial charge in [-0.15, -0.1) is 0 Å². The predicted molar refractivity (Wildman–Crippen MR) is 110 cm³/mol. The van der Waals surface area contributed by atoms with Crippen LogP contribution in [0.3, 0.4) is 0 Å². The molecule has 3 atom stereocenters. The third-order valence-corrected chi connectivity index (χ3v) is 4.94. The van der Waals surface area contributed by atoms with Crippen molar-refractivity contribution in [3.05, 3.63) is 27.9 Å². The molecule has 1 aliphatic rings. The number of rotatable bonds is 10. The molecule has 188 valence electrons. The van der Waals surface area contributed by atoms with Crippen molar-refractivity contribution in [2.24, 2.45) is 0 Å². The van der Waals surface area contributed by atoms with Crippen LogP contribution >= 0.6 is 0 Å². The van der Waals surface area contributed by atoms with E-state index in [-0.39, 0.29) is 37.7 Å². The predicted octanol–water partition coefficient (Wildman–Crippen LogP) is 0.744. The highest BCUT2D eigenvalue weighted by Gasteiger charge is 2.39. The minimum atomic E-state index is -4.91. The fourth-order valence-corrected chi connectivity index (χ4v) is 3.23.